The number of nitrogens with two attached hydrogens (primary N) is 1. The zero-order valence-electron chi connectivity index (χ0n) is 29.6. The summed E-state index contributed by atoms with van der Waals surface area (Å²) in [5.41, 5.74) is 5.29. The van der Waals surface area contributed by atoms with Gasteiger partial charge in [-0.2, -0.15) is 16.1 Å². The van der Waals surface area contributed by atoms with Gasteiger partial charge in [0.15, 0.2) is 17.7 Å². The van der Waals surface area contributed by atoms with E-state index in [9.17, 15) is 58.2 Å². The number of aromatic nitrogens is 4. The van der Waals surface area contributed by atoms with E-state index in [1.165, 1.54) is 13.8 Å². The molecule has 3 aromatic rings. The number of aromatic hydroxyl groups is 1. The van der Waals surface area contributed by atoms with E-state index in [-0.39, 0.29) is 41.6 Å². The lowest BCUT2D eigenvalue weighted by Crippen LogP contribution is -2.46. The number of imidazole rings is 1. The molecule has 24 nitrogen and oxygen atoms in total. The van der Waals surface area contributed by atoms with Crippen LogP contribution < -0.4 is 16.4 Å². The van der Waals surface area contributed by atoms with Crippen LogP contribution in [0.25, 0.3) is 11.2 Å². The SMILES string of the molecule is CC(C)(COP(=O)(O)OP(=O)(O)OC[C@H]1O[C@@H](n2cnc3c(N)ncnc32)[C@H](O)[C@@H]1OP(=O)(O)O)[C@@H](O)C(=O)NCCC(=O)NCCSCc1ccc(O)cc1. The number of nitrogens with zero attached hydrogens (tertiary/aromatic N) is 4. The molecule has 1 aromatic carbocycles. The van der Waals surface area contributed by atoms with Gasteiger partial charge >= 0.3 is 23.5 Å². The van der Waals surface area contributed by atoms with Gasteiger partial charge in [-0.05, 0) is 17.7 Å². The minimum absolute atomic E-state index is 0.0333. The molecule has 312 valence electrons. The van der Waals surface area contributed by atoms with Crippen molar-refractivity contribution in [1.29, 1.82) is 0 Å². The number of amides is 2. The van der Waals surface area contributed by atoms with Crippen LogP contribution in [0.15, 0.2) is 36.9 Å². The molecule has 1 fully saturated rings. The van der Waals surface area contributed by atoms with Crippen LogP contribution in [0.3, 0.4) is 0 Å². The normalized spacial score (nSPS) is 21.6. The van der Waals surface area contributed by atoms with E-state index in [0.717, 1.165) is 22.8 Å². The van der Waals surface area contributed by atoms with Crippen LogP contribution in [-0.2, 0) is 51.7 Å². The Labute approximate surface area is 322 Å². The van der Waals surface area contributed by atoms with Crippen molar-refractivity contribution in [2.24, 2.45) is 5.41 Å². The van der Waals surface area contributed by atoms with E-state index < -0.39 is 78.6 Å². The molecule has 0 spiro atoms. The number of carbonyl (C=O) groups excluding carboxylic acids is 2. The number of hydrogen-bond donors (Lipinski definition) is 10. The molecule has 0 aliphatic carbocycles. The summed E-state index contributed by atoms with van der Waals surface area (Å²) in [6.07, 6.45) is -6.82. The number of hydrogen-bond acceptors (Lipinski definition) is 18. The predicted molar refractivity (Wildman–Crippen MR) is 194 cm³/mol. The van der Waals surface area contributed by atoms with Crippen molar-refractivity contribution in [3.05, 3.63) is 42.5 Å². The second kappa shape index (κ2) is 19.1. The van der Waals surface area contributed by atoms with Crippen LogP contribution in [0.5, 0.6) is 5.75 Å². The summed E-state index contributed by atoms with van der Waals surface area (Å²) in [5, 5.41) is 35.8. The fourth-order valence-corrected chi connectivity index (χ4v) is 8.63. The highest BCUT2D eigenvalue weighted by Crippen LogP contribution is 2.61. The van der Waals surface area contributed by atoms with Crippen molar-refractivity contribution in [3.8, 4) is 5.75 Å². The molecule has 2 aromatic heterocycles. The molecular weight excluding hydrogens is 831 g/mol. The fraction of sp³-hybridized carbons (Fsp3) is 0.536. The van der Waals surface area contributed by atoms with Gasteiger partial charge < -0.3 is 56.0 Å². The van der Waals surface area contributed by atoms with E-state index in [4.69, 9.17) is 19.5 Å². The van der Waals surface area contributed by atoms with Gasteiger partial charge in [0.05, 0.1) is 19.5 Å². The van der Waals surface area contributed by atoms with Gasteiger partial charge in [0.2, 0.25) is 11.8 Å². The van der Waals surface area contributed by atoms with Crippen molar-refractivity contribution in [2.45, 2.75) is 56.7 Å². The second-order valence-electron chi connectivity index (χ2n) is 12.8. The first kappa shape index (κ1) is 45.6. The minimum Gasteiger partial charge on any atom is -0.508 e. The monoisotopic (exact) mass is 873 g/mol. The molecule has 2 amide bonds. The third-order valence-electron chi connectivity index (χ3n) is 7.85. The van der Waals surface area contributed by atoms with E-state index in [1.54, 1.807) is 36.0 Å². The Hall–Kier alpha value is -3.09. The molecule has 56 heavy (non-hydrogen) atoms. The van der Waals surface area contributed by atoms with Gasteiger partial charge in [-0.1, -0.05) is 26.0 Å². The Balaban J connectivity index is 1.22. The Morgan fingerprint density at radius 1 is 1.04 bits per heavy atom. The first-order valence-corrected chi connectivity index (χ1v) is 22.0. The third-order valence-corrected chi connectivity index (χ3v) is 12.0. The first-order chi connectivity index (χ1) is 26.1. The highest BCUT2D eigenvalue weighted by molar-refractivity contribution is 7.98. The van der Waals surface area contributed by atoms with Crippen molar-refractivity contribution in [2.75, 3.05) is 37.8 Å². The maximum atomic E-state index is 12.7. The predicted octanol–water partition coefficient (Wildman–Crippen LogP) is 0.0439. The average Bonchev–Trinajstić information content (AvgIpc) is 3.67. The molecule has 3 heterocycles. The number of rotatable bonds is 21. The van der Waals surface area contributed by atoms with Gasteiger partial charge in [-0.3, -0.25) is 27.7 Å². The highest BCUT2D eigenvalue weighted by Gasteiger charge is 2.50. The van der Waals surface area contributed by atoms with E-state index in [1.807, 2.05) is 0 Å². The number of phosphoric ester groups is 3. The first-order valence-electron chi connectivity index (χ1n) is 16.3. The number of ether oxygens (including phenoxy) is 1. The summed E-state index contributed by atoms with van der Waals surface area (Å²) in [6.45, 7) is 0.729. The molecule has 28 heteroatoms. The summed E-state index contributed by atoms with van der Waals surface area (Å²) >= 11 is 1.56. The van der Waals surface area contributed by atoms with Crippen LogP contribution in [-0.4, -0.2) is 123 Å². The largest absolute Gasteiger partial charge is 0.508 e. The highest BCUT2D eigenvalue weighted by atomic mass is 32.2. The van der Waals surface area contributed by atoms with Crippen LogP contribution in [0.2, 0.25) is 0 Å². The number of phosphoric acid groups is 3. The molecule has 1 aliphatic rings. The summed E-state index contributed by atoms with van der Waals surface area (Å²) in [6, 6.07) is 6.74. The maximum Gasteiger partial charge on any atom is 0.481 e. The van der Waals surface area contributed by atoms with Crippen LogP contribution in [0, 0.1) is 5.41 Å². The van der Waals surface area contributed by atoms with E-state index in [2.05, 4.69) is 34.4 Å². The smallest absolute Gasteiger partial charge is 0.481 e. The second-order valence-corrected chi connectivity index (χ2v) is 18.1. The molecular formula is C28H42N7O17P3S. The van der Waals surface area contributed by atoms with Gasteiger partial charge in [-0.25, -0.2) is 28.6 Å². The molecule has 1 saturated heterocycles. The summed E-state index contributed by atoms with van der Waals surface area (Å²) in [5.74, 6) is 0.0892. The van der Waals surface area contributed by atoms with Crippen LogP contribution in [0.1, 0.15) is 32.1 Å². The summed E-state index contributed by atoms with van der Waals surface area (Å²) in [4.78, 5) is 75.7. The van der Waals surface area contributed by atoms with Crippen molar-refractivity contribution >= 4 is 64.0 Å². The topological polar surface area (TPSA) is 367 Å². The zero-order valence-corrected chi connectivity index (χ0v) is 33.1. The number of carbonyl (C=O) groups is 2. The summed E-state index contributed by atoms with van der Waals surface area (Å²) < 4.78 is 62.1. The summed E-state index contributed by atoms with van der Waals surface area (Å²) in [7, 11) is -16.4. The third kappa shape index (κ3) is 13.2. The zero-order chi connectivity index (χ0) is 41.5. The Kier molecular flexibility index (Phi) is 15.6. The number of thioether (sulfide) groups is 1. The standard InChI is InChI=1S/C28H42N7O17P3S/c1-28(2,23(39)26(40)31-8-7-19(37)30-9-10-56-12-16-3-5-17(36)6-4-16)13-49-55(46,47)52-54(44,45)48-11-18-22(51-53(41,42)43)21(38)27(50-18)35-15-34-20-24(29)32-14-33-25(20)35/h3-6,14-15,18,21-23,27,36,38-39H,7-13H2,1-2H3,(H,30,37)(H,31,40)(H,44,45)(H,46,47)(H2,29,32,33)(H2,41,42,43)/t18-,21-,22-,23+,27-/m1/s1. The molecule has 11 N–H and O–H groups in total. The van der Waals surface area contributed by atoms with E-state index >= 15 is 0 Å². The van der Waals surface area contributed by atoms with Crippen molar-refractivity contribution in [3.63, 3.8) is 0 Å². The number of phenolic OH excluding ortho intramolecular Hbond substituents is 1. The number of aliphatic hydroxyl groups is 2. The lowest BCUT2D eigenvalue weighted by molar-refractivity contribution is -0.137. The molecule has 0 saturated carbocycles. The lowest BCUT2D eigenvalue weighted by Gasteiger charge is -2.30. The van der Waals surface area contributed by atoms with Crippen LogP contribution in [0.4, 0.5) is 5.82 Å². The number of anilines is 1. The lowest BCUT2D eigenvalue weighted by atomic mass is 9.87. The Morgan fingerprint density at radius 3 is 2.39 bits per heavy atom. The number of aliphatic hydroxyl groups excluding tert-OH is 2. The van der Waals surface area contributed by atoms with Crippen molar-refractivity contribution < 1.29 is 80.8 Å². The van der Waals surface area contributed by atoms with Crippen LogP contribution >= 0.6 is 35.2 Å². The number of nitrogens with one attached hydrogen (secondary N) is 2. The average molecular weight is 874 g/mol. The van der Waals surface area contributed by atoms with E-state index in [0.29, 0.717) is 18.1 Å². The number of fused-ring (bicyclic) bond motifs is 1. The molecule has 0 radical (unpaired) electrons. The molecule has 0 bridgehead atoms. The molecule has 1 aliphatic heterocycles. The van der Waals surface area contributed by atoms with Gasteiger partial charge in [-0.15, -0.1) is 0 Å². The van der Waals surface area contributed by atoms with Gasteiger partial charge in [0, 0.05) is 36.4 Å². The maximum absolute atomic E-state index is 12.7. The van der Waals surface area contributed by atoms with Crippen molar-refractivity contribution in [1.82, 2.24) is 30.2 Å². The minimum atomic E-state index is -5.56. The quantitative estimate of drug-likeness (QED) is 0.0499. The number of nitrogen functional groups attached to an aromatic ring is 1. The number of phenols is 1. The molecule has 4 rings (SSSR count). The Bertz CT molecular complexity index is 1970. The van der Waals surface area contributed by atoms with Gasteiger partial charge in [0.1, 0.15) is 42.0 Å². The Morgan fingerprint density at radius 2 is 1.71 bits per heavy atom. The van der Waals surface area contributed by atoms with Gasteiger partial charge in [0.25, 0.3) is 0 Å². The molecule has 2 unspecified atom stereocenters. The molecule has 7 atom stereocenters. The number of benzene rings is 1. The fourth-order valence-electron chi connectivity index (χ4n) is 4.98.